The summed E-state index contributed by atoms with van der Waals surface area (Å²) in [6.07, 6.45) is 3.37. The van der Waals surface area contributed by atoms with Crippen LogP contribution in [-0.2, 0) is 4.79 Å². The lowest BCUT2D eigenvalue weighted by molar-refractivity contribution is -0.129. The van der Waals surface area contributed by atoms with Gasteiger partial charge in [0.2, 0.25) is 0 Å². The number of ketones is 1. The van der Waals surface area contributed by atoms with E-state index in [4.69, 9.17) is 0 Å². The van der Waals surface area contributed by atoms with Crippen LogP contribution < -0.4 is 0 Å². The number of Topliss-reactive ketones (excluding diaryl/α,β-unsaturated/α-hetero) is 1. The zero-order valence-electron chi connectivity index (χ0n) is 13.4. The van der Waals surface area contributed by atoms with Crippen LogP contribution in [0.4, 0.5) is 0 Å². The normalized spacial score (nSPS) is 45.4. The highest BCUT2D eigenvalue weighted by Crippen LogP contribution is 2.34. The molecule has 0 amide bonds. The van der Waals surface area contributed by atoms with Crippen LogP contribution in [0.5, 0.6) is 0 Å². The fourth-order valence-electron chi connectivity index (χ4n) is 4.30. The number of hydrogen-bond acceptors (Lipinski definition) is 2. The van der Waals surface area contributed by atoms with Crippen LogP contribution in [0.1, 0.15) is 53.9 Å². The van der Waals surface area contributed by atoms with E-state index in [9.17, 15) is 4.79 Å². The van der Waals surface area contributed by atoms with E-state index in [-0.39, 0.29) is 5.92 Å². The minimum atomic E-state index is 0.288. The second kappa shape index (κ2) is 5.95. The minimum absolute atomic E-state index is 0.288. The molecule has 1 aliphatic carbocycles. The van der Waals surface area contributed by atoms with Crippen molar-refractivity contribution in [2.75, 3.05) is 13.1 Å². The van der Waals surface area contributed by atoms with Gasteiger partial charge < -0.3 is 0 Å². The van der Waals surface area contributed by atoms with Crippen LogP contribution in [0, 0.1) is 29.6 Å². The molecule has 2 nitrogen and oxygen atoms in total. The number of likely N-dealkylation sites (tertiary alicyclic amines) is 1. The first kappa shape index (κ1) is 15.0. The highest BCUT2D eigenvalue weighted by Gasteiger charge is 2.36. The molecule has 1 saturated heterocycles. The molecular formula is C17H31NO. The van der Waals surface area contributed by atoms with Crippen molar-refractivity contribution in [2.24, 2.45) is 29.6 Å². The summed E-state index contributed by atoms with van der Waals surface area (Å²) in [6.45, 7) is 13.7. The Morgan fingerprint density at radius 2 is 1.63 bits per heavy atom. The molecule has 0 radical (unpaired) electrons. The van der Waals surface area contributed by atoms with Crippen molar-refractivity contribution >= 4 is 5.78 Å². The van der Waals surface area contributed by atoms with Gasteiger partial charge in [0.15, 0.2) is 0 Å². The maximum atomic E-state index is 12.3. The monoisotopic (exact) mass is 265 g/mol. The highest BCUT2D eigenvalue weighted by molar-refractivity contribution is 5.82. The van der Waals surface area contributed by atoms with Crippen molar-refractivity contribution in [3.8, 4) is 0 Å². The summed E-state index contributed by atoms with van der Waals surface area (Å²) in [5.41, 5.74) is 0. The molecule has 0 aromatic heterocycles. The van der Waals surface area contributed by atoms with Crippen LogP contribution in [0.2, 0.25) is 0 Å². The van der Waals surface area contributed by atoms with Gasteiger partial charge in [0.05, 0.1) is 0 Å². The van der Waals surface area contributed by atoms with Crippen molar-refractivity contribution in [2.45, 2.75) is 59.9 Å². The summed E-state index contributed by atoms with van der Waals surface area (Å²) < 4.78 is 0. The van der Waals surface area contributed by atoms with Crippen molar-refractivity contribution < 1.29 is 4.79 Å². The van der Waals surface area contributed by atoms with Gasteiger partial charge in [0.25, 0.3) is 0 Å². The molecule has 2 fully saturated rings. The lowest BCUT2D eigenvalue weighted by Gasteiger charge is -2.44. The molecule has 19 heavy (non-hydrogen) atoms. The molecule has 0 N–H and O–H groups in total. The van der Waals surface area contributed by atoms with Crippen LogP contribution >= 0.6 is 0 Å². The van der Waals surface area contributed by atoms with E-state index in [0.29, 0.717) is 23.7 Å². The molecule has 2 heteroatoms. The molecule has 0 spiro atoms. The predicted octanol–water partition coefficient (Wildman–Crippen LogP) is 3.60. The largest absolute Gasteiger partial charge is 0.299 e. The molecule has 2 rings (SSSR count). The molecule has 0 aromatic carbocycles. The lowest BCUT2D eigenvalue weighted by Crippen LogP contribution is -2.50. The van der Waals surface area contributed by atoms with Crippen molar-refractivity contribution in [3.05, 3.63) is 0 Å². The first-order valence-electron chi connectivity index (χ1n) is 8.15. The summed E-state index contributed by atoms with van der Waals surface area (Å²) in [6, 6.07) is 0.635. The first-order valence-corrected chi connectivity index (χ1v) is 8.15. The summed E-state index contributed by atoms with van der Waals surface area (Å²) in [5.74, 6) is 3.50. The summed E-state index contributed by atoms with van der Waals surface area (Å²) >= 11 is 0. The van der Waals surface area contributed by atoms with E-state index in [0.717, 1.165) is 24.8 Å². The Bertz CT molecular complexity index is 327. The molecule has 2 aliphatic rings. The molecule has 1 saturated carbocycles. The predicted molar refractivity (Wildman–Crippen MR) is 80.0 cm³/mol. The second-order valence-corrected chi connectivity index (χ2v) is 7.61. The number of nitrogens with zero attached hydrogens (tertiary/aromatic N) is 1. The van der Waals surface area contributed by atoms with Crippen LogP contribution in [0.25, 0.3) is 0 Å². The van der Waals surface area contributed by atoms with Gasteiger partial charge in [-0.25, -0.2) is 0 Å². The molecule has 6 unspecified atom stereocenters. The SMILES string of the molecule is CC1CC(=O)C(CN2CC(C)CC(C)C2C)C(C)C1. The number of piperidine rings is 1. The number of carbonyl (C=O) groups is 1. The standard InChI is InChI=1S/C17H31NO/c1-11-6-14(4)16(17(19)8-11)10-18-9-12(2)7-13(3)15(18)5/h11-16H,6-10H2,1-5H3. The quantitative estimate of drug-likeness (QED) is 0.760. The Balaban J connectivity index is 2.01. The minimum Gasteiger partial charge on any atom is -0.299 e. The Hall–Kier alpha value is -0.370. The van der Waals surface area contributed by atoms with E-state index in [1.807, 2.05) is 0 Å². The smallest absolute Gasteiger partial charge is 0.137 e. The second-order valence-electron chi connectivity index (χ2n) is 7.61. The van der Waals surface area contributed by atoms with Gasteiger partial charge in [-0.1, -0.05) is 27.7 Å². The molecule has 0 aromatic rings. The average Bonchev–Trinajstić information content (AvgIpc) is 2.29. The maximum absolute atomic E-state index is 12.3. The lowest BCUT2D eigenvalue weighted by atomic mass is 9.74. The van der Waals surface area contributed by atoms with Crippen LogP contribution in [0.15, 0.2) is 0 Å². The van der Waals surface area contributed by atoms with Gasteiger partial charge in [-0.15, -0.1) is 0 Å². The fourth-order valence-corrected chi connectivity index (χ4v) is 4.30. The fraction of sp³-hybridized carbons (Fsp3) is 0.941. The third-order valence-corrected chi connectivity index (χ3v) is 5.58. The molecule has 1 heterocycles. The topological polar surface area (TPSA) is 20.3 Å². The van der Waals surface area contributed by atoms with Gasteiger partial charge in [0, 0.05) is 31.5 Å². The van der Waals surface area contributed by atoms with Gasteiger partial charge in [-0.2, -0.15) is 0 Å². The number of hydrogen-bond donors (Lipinski definition) is 0. The van der Waals surface area contributed by atoms with Gasteiger partial charge >= 0.3 is 0 Å². The third-order valence-electron chi connectivity index (χ3n) is 5.58. The number of carbonyl (C=O) groups excluding carboxylic acids is 1. The van der Waals surface area contributed by atoms with Crippen LogP contribution in [-0.4, -0.2) is 29.8 Å². The van der Waals surface area contributed by atoms with E-state index < -0.39 is 0 Å². The Labute approximate surface area is 118 Å². The zero-order chi connectivity index (χ0) is 14.2. The van der Waals surface area contributed by atoms with Crippen molar-refractivity contribution in [3.63, 3.8) is 0 Å². The Kier molecular flexibility index (Phi) is 4.70. The molecular weight excluding hydrogens is 234 g/mol. The van der Waals surface area contributed by atoms with E-state index in [2.05, 4.69) is 39.5 Å². The van der Waals surface area contributed by atoms with Crippen molar-refractivity contribution in [1.82, 2.24) is 4.90 Å². The van der Waals surface area contributed by atoms with Gasteiger partial charge in [-0.3, -0.25) is 9.69 Å². The zero-order valence-corrected chi connectivity index (χ0v) is 13.4. The summed E-state index contributed by atoms with van der Waals surface area (Å²) in [7, 11) is 0. The molecule has 110 valence electrons. The molecule has 6 atom stereocenters. The van der Waals surface area contributed by atoms with E-state index in [1.165, 1.54) is 19.4 Å². The average molecular weight is 265 g/mol. The maximum Gasteiger partial charge on any atom is 0.137 e. The van der Waals surface area contributed by atoms with Gasteiger partial charge in [-0.05, 0) is 43.4 Å². The van der Waals surface area contributed by atoms with Crippen molar-refractivity contribution in [1.29, 1.82) is 0 Å². The van der Waals surface area contributed by atoms with E-state index in [1.54, 1.807) is 0 Å². The third kappa shape index (κ3) is 3.39. The van der Waals surface area contributed by atoms with Gasteiger partial charge in [0.1, 0.15) is 5.78 Å². The van der Waals surface area contributed by atoms with Crippen LogP contribution in [0.3, 0.4) is 0 Å². The molecule has 1 aliphatic heterocycles. The summed E-state index contributed by atoms with van der Waals surface area (Å²) in [4.78, 5) is 14.9. The molecule has 0 bridgehead atoms. The Morgan fingerprint density at radius 1 is 1.00 bits per heavy atom. The number of rotatable bonds is 2. The first-order chi connectivity index (χ1) is 8.88. The Morgan fingerprint density at radius 3 is 2.26 bits per heavy atom. The van der Waals surface area contributed by atoms with E-state index >= 15 is 0 Å². The summed E-state index contributed by atoms with van der Waals surface area (Å²) in [5, 5.41) is 0. The highest BCUT2D eigenvalue weighted by atomic mass is 16.1.